The molecular weight excluding hydrogens is 216 g/mol. The van der Waals surface area contributed by atoms with Crippen LogP contribution in [0.5, 0.6) is 5.75 Å². The van der Waals surface area contributed by atoms with Crippen LogP contribution in [-0.4, -0.2) is 25.6 Å². The molecule has 0 aliphatic carbocycles. The summed E-state index contributed by atoms with van der Waals surface area (Å²) >= 11 is 5.39. The molecule has 0 radical (unpaired) electrons. The summed E-state index contributed by atoms with van der Waals surface area (Å²) in [5.41, 5.74) is 1.32. The van der Waals surface area contributed by atoms with Crippen LogP contribution in [0.4, 0.5) is 0 Å². The molecule has 0 fully saturated rings. The number of methoxy groups -OCH3 is 1. The van der Waals surface area contributed by atoms with Gasteiger partial charge in [0.1, 0.15) is 12.4 Å². The van der Waals surface area contributed by atoms with Crippen LogP contribution in [0, 0.1) is 6.92 Å². The molecule has 0 aliphatic heterocycles. The van der Waals surface area contributed by atoms with Gasteiger partial charge in [0.15, 0.2) is 0 Å². The number of ether oxygens (including phenoxy) is 2. The first-order chi connectivity index (χ1) is 7.15. The molecule has 0 atom stereocenters. The number of benzene rings is 1. The van der Waals surface area contributed by atoms with E-state index in [1.807, 2.05) is 6.92 Å². The minimum atomic E-state index is -0.448. The molecule has 0 unspecified atom stereocenters. The van der Waals surface area contributed by atoms with Crippen LogP contribution in [0.15, 0.2) is 18.2 Å². The molecule has 15 heavy (non-hydrogen) atoms. The molecule has 0 bridgehead atoms. The fraction of sp³-hybridized carbons (Fsp3) is 0.364. The quantitative estimate of drug-likeness (QED) is 0.574. The van der Waals surface area contributed by atoms with Gasteiger partial charge in [-0.3, -0.25) is 4.79 Å². The van der Waals surface area contributed by atoms with E-state index in [1.54, 1.807) is 25.3 Å². The Kier molecular flexibility index (Phi) is 4.59. The van der Waals surface area contributed by atoms with Gasteiger partial charge in [-0.2, -0.15) is 0 Å². The molecule has 4 heteroatoms. The molecule has 0 saturated heterocycles. The van der Waals surface area contributed by atoms with Crippen molar-refractivity contribution in [2.45, 2.75) is 6.92 Å². The van der Waals surface area contributed by atoms with Crippen LogP contribution in [0.2, 0.25) is 0 Å². The fourth-order valence-electron chi connectivity index (χ4n) is 1.19. The first-order valence-corrected chi connectivity index (χ1v) is 4.95. The third-order valence-corrected chi connectivity index (χ3v) is 2.17. The largest absolute Gasteiger partial charge is 0.491 e. The molecule has 0 spiro atoms. The Morgan fingerprint density at radius 1 is 1.40 bits per heavy atom. The van der Waals surface area contributed by atoms with E-state index in [1.165, 1.54) is 0 Å². The smallest absolute Gasteiger partial charge is 0.252 e. The van der Waals surface area contributed by atoms with Gasteiger partial charge in [0, 0.05) is 12.7 Å². The average molecular weight is 229 g/mol. The highest BCUT2D eigenvalue weighted by atomic mass is 35.5. The van der Waals surface area contributed by atoms with Crippen LogP contribution in [0.3, 0.4) is 0 Å². The van der Waals surface area contributed by atoms with Crippen LogP contribution < -0.4 is 4.74 Å². The van der Waals surface area contributed by atoms with E-state index < -0.39 is 5.24 Å². The molecule has 0 heterocycles. The predicted octanol–water partition coefficient (Wildman–Crippen LogP) is 2.40. The topological polar surface area (TPSA) is 35.5 Å². The summed E-state index contributed by atoms with van der Waals surface area (Å²) in [7, 11) is 1.61. The third kappa shape index (κ3) is 3.53. The highest BCUT2D eigenvalue weighted by Gasteiger charge is 2.06. The summed E-state index contributed by atoms with van der Waals surface area (Å²) in [6.07, 6.45) is 0. The molecule has 1 rings (SSSR count). The van der Waals surface area contributed by atoms with Crippen molar-refractivity contribution < 1.29 is 14.3 Å². The van der Waals surface area contributed by atoms with Gasteiger partial charge in [-0.05, 0) is 42.3 Å². The van der Waals surface area contributed by atoms with Gasteiger partial charge in [-0.15, -0.1) is 0 Å². The molecular formula is C11H13ClO3. The minimum absolute atomic E-state index is 0.448. The second kappa shape index (κ2) is 5.73. The molecule has 1 aromatic rings. The zero-order valence-electron chi connectivity index (χ0n) is 8.75. The Morgan fingerprint density at radius 2 is 2.13 bits per heavy atom. The molecule has 82 valence electrons. The highest BCUT2D eigenvalue weighted by molar-refractivity contribution is 6.67. The van der Waals surface area contributed by atoms with E-state index in [-0.39, 0.29) is 0 Å². The number of hydrogen-bond acceptors (Lipinski definition) is 3. The van der Waals surface area contributed by atoms with E-state index in [2.05, 4.69) is 0 Å². The van der Waals surface area contributed by atoms with Gasteiger partial charge in [-0.1, -0.05) is 0 Å². The zero-order chi connectivity index (χ0) is 11.3. The number of rotatable bonds is 5. The normalized spacial score (nSPS) is 10.1. The molecule has 0 N–H and O–H groups in total. The Morgan fingerprint density at radius 3 is 2.67 bits per heavy atom. The Bertz CT molecular complexity index is 350. The monoisotopic (exact) mass is 228 g/mol. The fourth-order valence-corrected chi connectivity index (χ4v) is 1.40. The van der Waals surface area contributed by atoms with Crippen molar-refractivity contribution in [2.75, 3.05) is 20.3 Å². The predicted molar refractivity (Wildman–Crippen MR) is 58.7 cm³/mol. The second-order valence-electron chi connectivity index (χ2n) is 3.09. The van der Waals surface area contributed by atoms with E-state index in [0.717, 1.165) is 5.56 Å². The van der Waals surface area contributed by atoms with E-state index in [0.29, 0.717) is 24.5 Å². The van der Waals surface area contributed by atoms with E-state index in [9.17, 15) is 4.79 Å². The van der Waals surface area contributed by atoms with Crippen LogP contribution in [0.25, 0.3) is 0 Å². The van der Waals surface area contributed by atoms with Crippen molar-refractivity contribution in [3.63, 3.8) is 0 Å². The number of aryl methyl sites for hydroxylation is 1. The molecule has 0 aliphatic rings. The van der Waals surface area contributed by atoms with Crippen molar-refractivity contribution in [2.24, 2.45) is 0 Å². The van der Waals surface area contributed by atoms with E-state index >= 15 is 0 Å². The standard InChI is InChI=1S/C11H13ClO3/c1-8-7-9(15-6-5-14-2)3-4-10(8)11(12)13/h3-4,7H,5-6H2,1-2H3. The maximum Gasteiger partial charge on any atom is 0.252 e. The van der Waals surface area contributed by atoms with Crippen molar-refractivity contribution in [3.8, 4) is 5.75 Å². The number of carbonyl (C=O) groups excluding carboxylic acids is 1. The maximum absolute atomic E-state index is 10.9. The van der Waals surface area contributed by atoms with Crippen molar-refractivity contribution in [3.05, 3.63) is 29.3 Å². The van der Waals surface area contributed by atoms with Crippen molar-refractivity contribution >= 4 is 16.8 Å². The summed E-state index contributed by atoms with van der Waals surface area (Å²) in [6, 6.07) is 5.16. The molecule has 1 aromatic carbocycles. The van der Waals surface area contributed by atoms with Gasteiger partial charge in [0.2, 0.25) is 0 Å². The van der Waals surface area contributed by atoms with E-state index in [4.69, 9.17) is 21.1 Å². The third-order valence-electron chi connectivity index (χ3n) is 1.97. The SMILES string of the molecule is COCCOc1ccc(C(=O)Cl)c(C)c1. The second-order valence-corrected chi connectivity index (χ2v) is 3.43. The summed E-state index contributed by atoms with van der Waals surface area (Å²) in [5.74, 6) is 0.714. The molecule has 0 aromatic heterocycles. The summed E-state index contributed by atoms with van der Waals surface area (Å²) < 4.78 is 10.2. The van der Waals surface area contributed by atoms with Crippen LogP contribution >= 0.6 is 11.6 Å². The summed E-state index contributed by atoms with van der Waals surface area (Å²) in [6.45, 7) is 2.85. The van der Waals surface area contributed by atoms with Crippen LogP contribution in [-0.2, 0) is 4.74 Å². The van der Waals surface area contributed by atoms with Gasteiger partial charge in [0.25, 0.3) is 5.24 Å². The number of hydrogen-bond donors (Lipinski definition) is 0. The molecule has 3 nitrogen and oxygen atoms in total. The lowest BCUT2D eigenvalue weighted by atomic mass is 10.1. The average Bonchev–Trinajstić information content (AvgIpc) is 2.17. The van der Waals surface area contributed by atoms with Gasteiger partial charge in [-0.25, -0.2) is 0 Å². The lowest BCUT2D eigenvalue weighted by Gasteiger charge is -2.07. The highest BCUT2D eigenvalue weighted by Crippen LogP contribution is 2.18. The Labute approximate surface area is 93.9 Å². The van der Waals surface area contributed by atoms with Gasteiger partial charge in [0.05, 0.1) is 6.61 Å². The van der Waals surface area contributed by atoms with Crippen molar-refractivity contribution in [1.82, 2.24) is 0 Å². The number of carbonyl (C=O) groups is 1. The zero-order valence-corrected chi connectivity index (χ0v) is 9.50. The summed E-state index contributed by atoms with van der Waals surface area (Å²) in [5, 5.41) is -0.448. The van der Waals surface area contributed by atoms with Crippen LogP contribution in [0.1, 0.15) is 15.9 Å². The lowest BCUT2D eigenvalue weighted by molar-refractivity contribution is 0.108. The minimum Gasteiger partial charge on any atom is -0.491 e. The van der Waals surface area contributed by atoms with Gasteiger partial charge >= 0.3 is 0 Å². The lowest BCUT2D eigenvalue weighted by Crippen LogP contribution is -2.04. The molecule has 0 saturated carbocycles. The first kappa shape index (κ1) is 12.0. The molecule has 0 amide bonds. The Hall–Kier alpha value is -1.06. The Balaban J connectivity index is 2.69. The first-order valence-electron chi connectivity index (χ1n) is 4.57. The maximum atomic E-state index is 10.9. The van der Waals surface area contributed by atoms with Crippen molar-refractivity contribution in [1.29, 1.82) is 0 Å². The van der Waals surface area contributed by atoms with Gasteiger partial charge < -0.3 is 9.47 Å². The number of halogens is 1. The summed E-state index contributed by atoms with van der Waals surface area (Å²) in [4.78, 5) is 10.9.